The van der Waals surface area contributed by atoms with E-state index in [9.17, 15) is 4.79 Å². The van der Waals surface area contributed by atoms with Gasteiger partial charge in [0.2, 0.25) is 0 Å². The molecule has 0 aromatic heterocycles. The fourth-order valence-corrected chi connectivity index (χ4v) is 1.49. The van der Waals surface area contributed by atoms with E-state index in [1.165, 1.54) is 5.56 Å². The Labute approximate surface area is 91.3 Å². The van der Waals surface area contributed by atoms with E-state index in [4.69, 9.17) is 4.74 Å². The van der Waals surface area contributed by atoms with Crippen molar-refractivity contribution in [3.05, 3.63) is 35.4 Å². The lowest BCUT2D eigenvalue weighted by Crippen LogP contribution is -2.03. The molecule has 0 aliphatic rings. The summed E-state index contributed by atoms with van der Waals surface area (Å²) < 4.78 is 4.88. The Morgan fingerprint density at radius 3 is 2.47 bits per heavy atom. The summed E-state index contributed by atoms with van der Waals surface area (Å²) in [6.07, 6.45) is 2.67. The maximum atomic E-state index is 11.6. The second-order valence-electron chi connectivity index (χ2n) is 3.61. The molecule has 0 aliphatic heterocycles. The standard InChI is InChI=1S/C13H18O2/c1-3-4-11-5-7-12(8-6-11)13(14)9-10-15-2/h5-8H,3-4,9-10H2,1-2H3. The number of hydrogen-bond donors (Lipinski definition) is 0. The van der Waals surface area contributed by atoms with Gasteiger partial charge in [-0.05, 0) is 12.0 Å². The zero-order valence-electron chi connectivity index (χ0n) is 9.45. The first kappa shape index (κ1) is 11.9. The van der Waals surface area contributed by atoms with Crippen molar-refractivity contribution in [2.75, 3.05) is 13.7 Å². The number of ether oxygens (including phenoxy) is 1. The van der Waals surface area contributed by atoms with Crippen LogP contribution in [-0.4, -0.2) is 19.5 Å². The van der Waals surface area contributed by atoms with Crippen molar-refractivity contribution in [1.29, 1.82) is 0 Å². The smallest absolute Gasteiger partial charge is 0.165 e. The van der Waals surface area contributed by atoms with E-state index in [0.29, 0.717) is 13.0 Å². The zero-order chi connectivity index (χ0) is 11.1. The van der Waals surface area contributed by atoms with Crippen LogP contribution in [0.25, 0.3) is 0 Å². The highest BCUT2D eigenvalue weighted by Gasteiger charge is 2.04. The van der Waals surface area contributed by atoms with Crippen molar-refractivity contribution < 1.29 is 9.53 Å². The van der Waals surface area contributed by atoms with Gasteiger partial charge in [-0.15, -0.1) is 0 Å². The van der Waals surface area contributed by atoms with Crippen molar-refractivity contribution in [3.8, 4) is 0 Å². The van der Waals surface area contributed by atoms with Crippen LogP contribution in [0.1, 0.15) is 35.7 Å². The van der Waals surface area contributed by atoms with E-state index in [1.54, 1.807) is 7.11 Å². The Hall–Kier alpha value is -1.15. The molecule has 1 rings (SSSR count). The highest BCUT2D eigenvalue weighted by atomic mass is 16.5. The van der Waals surface area contributed by atoms with Crippen LogP contribution in [0.15, 0.2) is 24.3 Å². The largest absolute Gasteiger partial charge is 0.384 e. The summed E-state index contributed by atoms with van der Waals surface area (Å²) in [5, 5.41) is 0. The van der Waals surface area contributed by atoms with E-state index in [2.05, 4.69) is 6.92 Å². The topological polar surface area (TPSA) is 26.3 Å². The summed E-state index contributed by atoms with van der Waals surface area (Å²) in [4.78, 5) is 11.6. The third kappa shape index (κ3) is 3.84. The predicted molar refractivity (Wildman–Crippen MR) is 61.3 cm³/mol. The highest BCUT2D eigenvalue weighted by molar-refractivity contribution is 5.96. The maximum absolute atomic E-state index is 11.6. The molecule has 0 heterocycles. The number of hydrogen-bond acceptors (Lipinski definition) is 2. The van der Waals surface area contributed by atoms with Crippen molar-refractivity contribution in [2.24, 2.45) is 0 Å². The van der Waals surface area contributed by atoms with Crippen molar-refractivity contribution in [3.63, 3.8) is 0 Å². The van der Waals surface area contributed by atoms with Crippen LogP contribution in [0.3, 0.4) is 0 Å². The molecule has 82 valence electrons. The average Bonchev–Trinajstić information content (AvgIpc) is 2.27. The maximum Gasteiger partial charge on any atom is 0.165 e. The first-order valence-electron chi connectivity index (χ1n) is 5.39. The Kier molecular flexibility index (Phi) is 5.05. The second-order valence-corrected chi connectivity index (χ2v) is 3.61. The first-order chi connectivity index (χ1) is 7.27. The van der Waals surface area contributed by atoms with Crippen molar-refractivity contribution >= 4 is 5.78 Å². The second kappa shape index (κ2) is 6.36. The number of rotatable bonds is 6. The van der Waals surface area contributed by atoms with Gasteiger partial charge in [0.1, 0.15) is 0 Å². The molecule has 0 fully saturated rings. The quantitative estimate of drug-likeness (QED) is 0.669. The van der Waals surface area contributed by atoms with Crippen LogP contribution < -0.4 is 0 Å². The molecule has 0 atom stereocenters. The van der Waals surface area contributed by atoms with Gasteiger partial charge < -0.3 is 4.74 Å². The minimum Gasteiger partial charge on any atom is -0.384 e. The summed E-state index contributed by atoms with van der Waals surface area (Å²) in [7, 11) is 1.61. The molecule has 0 spiro atoms. The molecule has 15 heavy (non-hydrogen) atoms. The molecule has 0 radical (unpaired) electrons. The average molecular weight is 206 g/mol. The number of carbonyl (C=O) groups excluding carboxylic acids is 1. The van der Waals surface area contributed by atoms with Gasteiger partial charge in [0, 0.05) is 19.1 Å². The molecule has 2 heteroatoms. The summed E-state index contributed by atoms with van der Waals surface area (Å²) in [5.74, 6) is 0.153. The van der Waals surface area contributed by atoms with Crippen LogP contribution >= 0.6 is 0 Å². The fourth-order valence-electron chi connectivity index (χ4n) is 1.49. The zero-order valence-corrected chi connectivity index (χ0v) is 9.45. The van der Waals surface area contributed by atoms with Crippen LogP contribution in [-0.2, 0) is 11.2 Å². The van der Waals surface area contributed by atoms with Gasteiger partial charge in [0.05, 0.1) is 6.61 Å². The lowest BCUT2D eigenvalue weighted by atomic mass is 10.0. The minimum absolute atomic E-state index is 0.153. The number of methoxy groups -OCH3 is 1. The molecule has 0 unspecified atom stereocenters. The van der Waals surface area contributed by atoms with Crippen LogP contribution in [0.4, 0.5) is 0 Å². The summed E-state index contributed by atoms with van der Waals surface area (Å²) in [6.45, 7) is 2.65. The van der Waals surface area contributed by atoms with E-state index in [-0.39, 0.29) is 5.78 Å². The van der Waals surface area contributed by atoms with Crippen molar-refractivity contribution in [2.45, 2.75) is 26.2 Å². The first-order valence-corrected chi connectivity index (χ1v) is 5.39. The Morgan fingerprint density at radius 2 is 1.93 bits per heavy atom. The molecule has 0 aliphatic carbocycles. The predicted octanol–water partition coefficient (Wildman–Crippen LogP) is 2.86. The van der Waals surface area contributed by atoms with E-state index < -0.39 is 0 Å². The molecule has 0 amide bonds. The van der Waals surface area contributed by atoms with Crippen LogP contribution in [0.2, 0.25) is 0 Å². The Bertz CT molecular complexity index is 301. The number of ketones is 1. The highest BCUT2D eigenvalue weighted by Crippen LogP contribution is 2.08. The van der Waals surface area contributed by atoms with Gasteiger partial charge in [-0.1, -0.05) is 37.6 Å². The number of Topliss-reactive ketones (excluding diaryl/α,β-unsaturated/α-hetero) is 1. The van der Waals surface area contributed by atoms with E-state index >= 15 is 0 Å². The molecule has 2 nitrogen and oxygen atoms in total. The molecule has 0 N–H and O–H groups in total. The van der Waals surface area contributed by atoms with Gasteiger partial charge in [-0.3, -0.25) is 4.79 Å². The summed E-state index contributed by atoms with van der Waals surface area (Å²) in [6, 6.07) is 7.87. The van der Waals surface area contributed by atoms with Gasteiger partial charge >= 0.3 is 0 Å². The summed E-state index contributed by atoms with van der Waals surface area (Å²) in [5.41, 5.74) is 2.08. The van der Waals surface area contributed by atoms with Crippen LogP contribution in [0, 0.1) is 0 Å². The third-order valence-electron chi connectivity index (χ3n) is 2.35. The molecular formula is C13H18O2. The van der Waals surface area contributed by atoms with Gasteiger partial charge in [0.15, 0.2) is 5.78 Å². The van der Waals surface area contributed by atoms with Gasteiger partial charge in [0.25, 0.3) is 0 Å². The van der Waals surface area contributed by atoms with E-state index in [0.717, 1.165) is 18.4 Å². The number of aryl methyl sites for hydroxylation is 1. The summed E-state index contributed by atoms with van der Waals surface area (Å²) >= 11 is 0. The van der Waals surface area contributed by atoms with E-state index in [1.807, 2.05) is 24.3 Å². The fraction of sp³-hybridized carbons (Fsp3) is 0.462. The van der Waals surface area contributed by atoms with Crippen LogP contribution in [0.5, 0.6) is 0 Å². The Morgan fingerprint density at radius 1 is 1.27 bits per heavy atom. The molecule has 0 saturated carbocycles. The van der Waals surface area contributed by atoms with Crippen molar-refractivity contribution in [1.82, 2.24) is 0 Å². The minimum atomic E-state index is 0.153. The van der Waals surface area contributed by atoms with Gasteiger partial charge in [-0.2, -0.15) is 0 Å². The normalized spacial score (nSPS) is 10.3. The molecule has 1 aromatic rings. The lowest BCUT2D eigenvalue weighted by molar-refractivity contribution is 0.0932. The molecule has 0 saturated heterocycles. The monoisotopic (exact) mass is 206 g/mol. The lowest BCUT2D eigenvalue weighted by Gasteiger charge is -2.02. The molecule has 0 bridgehead atoms. The molecule has 1 aromatic carbocycles. The van der Waals surface area contributed by atoms with Gasteiger partial charge in [-0.25, -0.2) is 0 Å². The molecular weight excluding hydrogens is 188 g/mol. The third-order valence-corrected chi connectivity index (χ3v) is 2.35. The SMILES string of the molecule is CCCc1ccc(C(=O)CCOC)cc1. The Balaban J connectivity index is 2.58. The number of carbonyl (C=O) groups is 1. The number of benzene rings is 1.